The number of rotatable bonds is 0. The lowest BCUT2D eigenvalue weighted by Crippen LogP contribution is -2.42. The van der Waals surface area contributed by atoms with E-state index < -0.39 is 0 Å². The van der Waals surface area contributed by atoms with Crippen LogP contribution >= 0.6 is 0 Å². The van der Waals surface area contributed by atoms with Crippen molar-refractivity contribution in [3.8, 4) is 0 Å². The highest BCUT2D eigenvalue weighted by molar-refractivity contribution is 5.98. The average Bonchev–Trinajstić information content (AvgIpc) is 3.12. The molecule has 4 aromatic rings. The summed E-state index contributed by atoms with van der Waals surface area (Å²) in [6.07, 6.45) is 1.97. The SMILES string of the molecule is Cc1c(C)n2c3cc4c(cc3nc2c2cnc(C(C)(C)C)nc12)C(C)(C)C(C)(C)C4(C)C. The molecule has 0 bridgehead atoms. The molecule has 0 radical (unpaired) electrons. The van der Waals surface area contributed by atoms with Gasteiger partial charge in [-0.15, -0.1) is 0 Å². The van der Waals surface area contributed by atoms with Gasteiger partial charge in [0.15, 0.2) is 0 Å². The molecule has 1 aliphatic rings. The highest BCUT2D eigenvalue weighted by Gasteiger charge is 2.56. The smallest absolute Gasteiger partial charge is 0.149 e. The van der Waals surface area contributed by atoms with Crippen LogP contribution in [0.1, 0.15) is 90.5 Å². The van der Waals surface area contributed by atoms with Crippen molar-refractivity contribution in [2.24, 2.45) is 5.41 Å². The van der Waals surface area contributed by atoms with Gasteiger partial charge in [-0.3, -0.25) is 4.40 Å². The maximum absolute atomic E-state index is 5.16. The average molecular weight is 429 g/mol. The Morgan fingerprint density at radius 3 is 2.03 bits per heavy atom. The number of hydrogen-bond acceptors (Lipinski definition) is 3. The van der Waals surface area contributed by atoms with Crippen LogP contribution in [0.2, 0.25) is 0 Å². The third-order valence-electron chi connectivity index (χ3n) is 9.20. The Bertz CT molecular complexity index is 1440. The van der Waals surface area contributed by atoms with Gasteiger partial charge in [-0.05, 0) is 58.9 Å². The van der Waals surface area contributed by atoms with Crippen LogP contribution in [0, 0.1) is 19.3 Å². The second kappa shape index (κ2) is 5.89. The van der Waals surface area contributed by atoms with Gasteiger partial charge in [-0.2, -0.15) is 0 Å². The first kappa shape index (κ1) is 21.4. The molecule has 4 nitrogen and oxygen atoms in total. The van der Waals surface area contributed by atoms with Crippen LogP contribution < -0.4 is 0 Å². The molecule has 0 atom stereocenters. The van der Waals surface area contributed by atoms with E-state index in [4.69, 9.17) is 15.0 Å². The molecule has 3 aromatic heterocycles. The summed E-state index contributed by atoms with van der Waals surface area (Å²) in [6, 6.07) is 4.75. The summed E-state index contributed by atoms with van der Waals surface area (Å²) in [4.78, 5) is 14.9. The molecule has 32 heavy (non-hydrogen) atoms. The van der Waals surface area contributed by atoms with Gasteiger partial charge in [0.25, 0.3) is 0 Å². The summed E-state index contributed by atoms with van der Waals surface area (Å²) < 4.78 is 2.32. The molecule has 5 rings (SSSR count). The lowest BCUT2D eigenvalue weighted by atomic mass is 9.59. The van der Waals surface area contributed by atoms with Crippen molar-refractivity contribution in [2.45, 2.75) is 92.4 Å². The van der Waals surface area contributed by atoms with Crippen LogP contribution in [-0.2, 0) is 16.2 Å². The number of hydrogen-bond donors (Lipinski definition) is 0. The first-order chi connectivity index (χ1) is 14.6. The maximum Gasteiger partial charge on any atom is 0.149 e. The number of benzene rings is 1. The van der Waals surface area contributed by atoms with Gasteiger partial charge < -0.3 is 0 Å². The zero-order valence-corrected chi connectivity index (χ0v) is 21.5. The Hall–Kier alpha value is -2.49. The van der Waals surface area contributed by atoms with Crippen molar-refractivity contribution >= 4 is 27.6 Å². The van der Waals surface area contributed by atoms with E-state index in [1.54, 1.807) is 0 Å². The molecule has 0 N–H and O–H groups in total. The predicted molar refractivity (Wildman–Crippen MR) is 134 cm³/mol. The fourth-order valence-electron chi connectivity index (χ4n) is 5.66. The van der Waals surface area contributed by atoms with E-state index in [0.717, 1.165) is 27.9 Å². The van der Waals surface area contributed by atoms with Crippen molar-refractivity contribution < 1.29 is 0 Å². The Morgan fingerprint density at radius 1 is 0.844 bits per heavy atom. The highest BCUT2D eigenvalue weighted by atomic mass is 15.0. The molecule has 0 spiro atoms. The fraction of sp³-hybridized carbons (Fsp3) is 0.536. The van der Waals surface area contributed by atoms with Crippen LogP contribution in [0.5, 0.6) is 0 Å². The standard InChI is InChI=1S/C28H36N4/c1-15-16(2)32-21-13-19-18(26(6,7)28(10,11)27(19,8)9)12-20(21)30-23(32)17-14-29-24(25(3,4)5)31-22(15)17/h12-14H,1-11H3. The minimum Gasteiger partial charge on any atom is -0.296 e. The van der Waals surface area contributed by atoms with Gasteiger partial charge in [0.1, 0.15) is 11.5 Å². The Balaban J connectivity index is 1.91. The summed E-state index contributed by atoms with van der Waals surface area (Å²) in [6.45, 7) is 25.2. The molecule has 1 aromatic carbocycles. The molecule has 1 aliphatic carbocycles. The number of aryl methyl sites for hydroxylation is 2. The van der Waals surface area contributed by atoms with E-state index in [1.165, 1.54) is 27.9 Å². The van der Waals surface area contributed by atoms with Crippen molar-refractivity contribution in [3.63, 3.8) is 0 Å². The van der Waals surface area contributed by atoms with Crippen LogP contribution in [-0.4, -0.2) is 19.4 Å². The number of fused-ring (bicyclic) bond motifs is 6. The van der Waals surface area contributed by atoms with Crippen molar-refractivity contribution in [2.75, 3.05) is 0 Å². The normalized spacial score (nSPS) is 19.2. The van der Waals surface area contributed by atoms with E-state index in [-0.39, 0.29) is 21.7 Å². The summed E-state index contributed by atoms with van der Waals surface area (Å²) in [5.41, 5.74) is 9.64. The van der Waals surface area contributed by atoms with Crippen LogP contribution in [0.4, 0.5) is 0 Å². The number of nitrogens with zero attached hydrogens (tertiary/aromatic N) is 4. The van der Waals surface area contributed by atoms with E-state index in [2.05, 4.69) is 92.7 Å². The van der Waals surface area contributed by atoms with Crippen molar-refractivity contribution in [1.82, 2.24) is 19.4 Å². The minimum atomic E-state index is -0.0917. The highest BCUT2D eigenvalue weighted by Crippen LogP contribution is 2.61. The van der Waals surface area contributed by atoms with Gasteiger partial charge in [-0.25, -0.2) is 15.0 Å². The van der Waals surface area contributed by atoms with Crippen LogP contribution in [0.15, 0.2) is 18.3 Å². The number of pyridine rings is 1. The van der Waals surface area contributed by atoms with Gasteiger partial charge in [0.2, 0.25) is 0 Å². The molecule has 4 heteroatoms. The molecule has 3 heterocycles. The largest absolute Gasteiger partial charge is 0.296 e. The fourth-order valence-corrected chi connectivity index (χ4v) is 5.66. The van der Waals surface area contributed by atoms with Crippen molar-refractivity contribution in [1.29, 1.82) is 0 Å². The van der Waals surface area contributed by atoms with E-state index in [1.807, 2.05) is 6.20 Å². The van der Waals surface area contributed by atoms with Crippen LogP contribution in [0.25, 0.3) is 27.6 Å². The van der Waals surface area contributed by atoms with Gasteiger partial charge in [0, 0.05) is 17.3 Å². The van der Waals surface area contributed by atoms with E-state index in [9.17, 15) is 0 Å². The minimum absolute atomic E-state index is 0.0631. The van der Waals surface area contributed by atoms with Gasteiger partial charge >= 0.3 is 0 Å². The summed E-state index contributed by atoms with van der Waals surface area (Å²) >= 11 is 0. The van der Waals surface area contributed by atoms with E-state index >= 15 is 0 Å². The Kier molecular flexibility index (Phi) is 3.93. The quantitative estimate of drug-likeness (QED) is 0.305. The van der Waals surface area contributed by atoms with Crippen molar-refractivity contribution in [3.05, 3.63) is 46.5 Å². The molecule has 0 fully saturated rings. The third-order valence-corrected chi connectivity index (χ3v) is 9.20. The molecule has 0 aliphatic heterocycles. The van der Waals surface area contributed by atoms with Gasteiger partial charge in [-0.1, -0.05) is 62.3 Å². The second-order valence-electron chi connectivity index (χ2n) is 12.4. The number of aromatic nitrogens is 4. The van der Waals surface area contributed by atoms with Gasteiger partial charge in [0.05, 0.1) is 21.9 Å². The monoisotopic (exact) mass is 428 g/mol. The molecule has 0 amide bonds. The summed E-state index contributed by atoms with van der Waals surface area (Å²) in [5.74, 6) is 0.873. The number of imidazole rings is 1. The Morgan fingerprint density at radius 2 is 1.44 bits per heavy atom. The maximum atomic E-state index is 5.16. The van der Waals surface area contributed by atoms with E-state index in [0.29, 0.717) is 0 Å². The molecular weight excluding hydrogens is 392 g/mol. The molecule has 0 saturated carbocycles. The first-order valence-electron chi connectivity index (χ1n) is 11.7. The zero-order chi connectivity index (χ0) is 23.6. The predicted octanol–water partition coefficient (Wildman–Crippen LogP) is 6.94. The third kappa shape index (κ3) is 2.36. The molecule has 0 saturated heterocycles. The summed E-state index contributed by atoms with van der Waals surface area (Å²) in [7, 11) is 0. The molecule has 168 valence electrons. The van der Waals surface area contributed by atoms with Crippen LogP contribution in [0.3, 0.4) is 0 Å². The first-order valence-corrected chi connectivity index (χ1v) is 11.7. The topological polar surface area (TPSA) is 43.1 Å². The second-order valence-corrected chi connectivity index (χ2v) is 12.4. The molecular formula is C28H36N4. The summed E-state index contributed by atoms with van der Waals surface area (Å²) in [5, 5.41) is 1.02. The Labute approximate surface area is 191 Å². The zero-order valence-electron chi connectivity index (χ0n) is 21.5. The lowest BCUT2D eigenvalue weighted by molar-refractivity contribution is 0.125. The molecule has 0 unspecified atom stereocenters. The lowest BCUT2D eigenvalue weighted by Gasteiger charge is -2.44.